The van der Waals surface area contributed by atoms with Crippen LogP contribution in [0.25, 0.3) is 0 Å². The number of hydrogen-bond donors (Lipinski definition) is 2. The van der Waals surface area contributed by atoms with E-state index in [0.717, 1.165) is 39.0 Å². The summed E-state index contributed by atoms with van der Waals surface area (Å²) < 4.78 is 0. The highest BCUT2D eigenvalue weighted by Crippen LogP contribution is 2.19. The fraction of sp³-hybridized carbons (Fsp3) is 0.929. The summed E-state index contributed by atoms with van der Waals surface area (Å²) in [6, 6.07) is 0.634. The van der Waals surface area contributed by atoms with E-state index in [4.69, 9.17) is 0 Å². The molecule has 1 amide bonds. The van der Waals surface area contributed by atoms with Crippen molar-refractivity contribution < 1.29 is 4.79 Å². The Morgan fingerprint density at radius 1 is 1.33 bits per heavy atom. The summed E-state index contributed by atoms with van der Waals surface area (Å²) in [7, 11) is 0. The molecule has 18 heavy (non-hydrogen) atoms. The molecule has 0 aliphatic carbocycles. The van der Waals surface area contributed by atoms with Crippen molar-refractivity contribution in [2.75, 3.05) is 32.7 Å². The van der Waals surface area contributed by atoms with Gasteiger partial charge in [-0.1, -0.05) is 27.2 Å². The van der Waals surface area contributed by atoms with Gasteiger partial charge in [0.25, 0.3) is 0 Å². The summed E-state index contributed by atoms with van der Waals surface area (Å²) in [5.74, 6) is 0.853. The van der Waals surface area contributed by atoms with Gasteiger partial charge in [0.05, 0.1) is 6.54 Å². The minimum absolute atomic E-state index is 0.175. The van der Waals surface area contributed by atoms with Crippen molar-refractivity contribution in [2.45, 2.75) is 46.1 Å². The van der Waals surface area contributed by atoms with Crippen LogP contribution < -0.4 is 10.6 Å². The third-order valence-electron chi connectivity index (χ3n) is 3.75. The smallest absolute Gasteiger partial charge is 0.234 e. The normalized spacial score (nSPS) is 25.1. The molecule has 0 aromatic carbocycles. The van der Waals surface area contributed by atoms with Crippen LogP contribution in [-0.4, -0.2) is 49.6 Å². The first kappa shape index (κ1) is 15.4. The minimum atomic E-state index is 0.175. The first-order valence-electron chi connectivity index (χ1n) is 7.43. The Kier molecular flexibility index (Phi) is 7.28. The van der Waals surface area contributed by atoms with E-state index in [0.29, 0.717) is 18.5 Å². The van der Waals surface area contributed by atoms with E-state index in [1.165, 1.54) is 6.42 Å². The van der Waals surface area contributed by atoms with E-state index in [2.05, 4.69) is 36.3 Å². The van der Waals surface area contributed by atoms with Gasteiger partial charge < -0.3 is 10.6 Å². The SMILES string of the molecule is CCCNC(=O)CN1CCC(NCC)C(CC)C1. The van der Waals surface area contributed by atoms with Crippen molar-refractivity contribution in [1.29, 1.82) is 0 Å². The number of piperidine rings is 1. The average molecular weight is 255 g/mol. The molecule has 0 bridgehead atoms. The molecule has 1 rings (SSSR count). The quantitative estimate of drug-likeness (QED) is 0.719. The van der Waals surface area contributed by atoms with E-state index in [1.54, 1.807) is 0 Å². The summed E-state index contributed by atoms with van der Waals surface area (Å²) in [6.07, 6.45) is 3.35. The second-order valence-electron chi connectivity index (χ2n) is 5.21. The van der Waals surface area contributed by atoms with Crippen LogP contribution in [0.15, 0.2) is 0 Å². The highest BCUT2D eigenvalue weighted by atomic mass is 16.2. The Hall–Kier alpha value is -0.610. The number of carbonyl (C=O) groups is 1. The fourth-order valence-electron chi connectivity index (χ4n) is 2.72. The third-order valence-corrected chi connectivity index (χ3v) is 3.75. The molecule has 0 aromatic rings. The van der Waals surface area contributed by atoms with Gasteiger partial charge in [0.2, 0.25) is 5.91 Å². The number of nitrogens with zero attached hydrogens (tertiary/aromatic N) is 1. The number of likely N-dealkylation sites (tertiary alicyclic amines) is 1. The lowest BCUT2D eigenvalue weighted by molar-refractivity contribution is -0.122. The molecule has 2 atom stereocenters. The maximum absolute atomic E-state index is 11.7. The van der Waals surface area contributed by atoms with Crippen molar-refractivity contribution in [3.63, 3.8) is 0 Å². The Morgan fingerprint density at radius 2 is 2.11 bits per heavy atom. The van der Waals surface area contributed by atoms with Crippen molar-refractivity contribution >= 4 is 5.91 Å². The van der Waals surface area contributed by atoms with Crippen molar-refractivity contribution in [3.05, 3.63) is 0 Å². The number of nitrogens with one attached hydrogen (secondary N) is 2. The second kappa shape index (κ2) is 8.48. The molecule has 0 aromatic heterocycles. The standard InChI is InChI=1S/C14H29N3O/c1-4-8-16-14(18)11-17-9-7-13(15-6-3)12(5-2)10-17/h12-13,15H,4-11H2,1-3H3,(H,16,18). The van der Waals surface area contributed by atoms with Crippen LogP contribution in [0.3, 0.4) is 0 Å². The Labute approximate surface area is 111 Å². The highest BCUT2D eigenvalue weighted by molar-refractivity contribution is 5.77. The Bertz CT molecular complexity index is 245. The Balaban J connectivity index is 2.35. The largest absolute Gasteiger partial charge is 0.355 e. The summed E-state index contributed by atoms with van der Waals surface area (Å²) in [6.45, 7) is 11.0. The first-order chi connectivity index (χ1) is 8.71. The molecule has 1 saturated heterocycles. The van der Waals surface area contributed by atoms with Crippen LogP contribution in [0.2, 0.25) is 0 Å². The maximum Gasteiger partial charge on any atom is 0.234 e. The van der Waals surface area contributed by atoms with E-state index in [1.807, 2.05) is 0 Å². The van der Waals surface area contributed by atoms with Crippen molar-refractivity contribution in [1.82, 2.24) is 15.5 Å². The van der Waals surface area contributed by atoms with Gasteiger partial charge in [0, 0.05) is 25.7 Å². The highest BCUT2D eigenvalue weighted by Gasteiger charge is 2.27. The summed E-state index contributed by atoms with van der Waals surface area (Å²) in [4.78, 5) is 14.0. The van der Waals surface area contributed by atoms with Crippen LogP contribution in [0, 0.1) is 5.92 Å². The lowest BCUT2D eigenvalue weighted by Crippen LogP contribution is -2.51. The van der Waals surface area contributed by atoms with Crippen LogP contribution >= 0.6 is 0 Å². The number of carbonyl (C=O) groups excluding carboxylic acids is 1. The molecule has 1 fully saturated rings. The molecule has 0 saturated carbocycles. The predicted molar refractivity (Wildman–Crippen MR) is 75.6 cm³/mol. The lowest BCUT2D eigenvalue weighted by atomic mass is 9.90. The van der Waals surface area contributed by atoms with Crippen molar-refractivity contribution in [2.24, 2.45) is 5.92 Å². The van der Waals surface area contributed by atoms with Gasteiger partial charge in [0.1, 0.15) is 0 Å². The van der Waals surface area contributed by atoms with Crippen molar-refractivity contribution in [3.8, 4) is 0 Å². The van der Waals surface area contributed by atoms with Crippen LogP contribution in [0.1, 0.15) is 40.0 Å². The van der Waals surface area contributed by atoms with Gasteiger partial charge in [-0.3, -0.25) is 9.69 Å². The molecular weight excluding hydrogens is 226 g/mol. The molecule has 2 N–H and O–H groups in total. The molecule has 4 heteroatoms. The van der Waals surface area contributed by atoms with Gasteiger partial charge in [-0.15, -0.1) is 0 Å². The number of amides is 1. The summed E-state index contributed by atoms with van der Waals surface area (Å²) >= 11 is 0. The number of rotatable bonds is 7. The molecular formula is C14H29N3O. The zero-order valence-electron chi connectivity index (χ0n) is 12.2. The van der Waals surface area contributed by atoms with Gasteiger partial charge >= 0.3 is 0 Å². The Morgan fingerprint density at radius 3 is 2.72 bits per heavy atom. The lowest BCUT2D eigenvalue weighted by Gasteiger charge is -2.38. The first-order valence-corrected chi connectivity index (χ1v) is 7.43. The number of hydrogen-bond acceptors (Lipinski definition) is 3. The topological polar surface area (TPSA) is 44.4 Å². The van der Waals surface area contributed by atoms with E-state index in [-0.39, 0.29) is 5.91 Å². The van der Waals surface area contributed by atoms with Gasteiger partial charge in [-0.25, -0.2) is 0 Å². The van der Waals surface area contributed by atoms with Crippen LogP contribution in [0.4, 0.5) is 0 Å². The molecule has 2 unspecified atom stereocenters. The molecule has 106 valence electrons. The third kappa shape index (κ3) is 4.94. The molecule has 1 heterocycles. The van der Waals surface area contributed by atoms with E-state index >= 15 is 0 Å². The molecule has 4 nitrogen and oxygen atoms in total. The fourth-order valence-corrected chi connectivity index (χ4v) is 2.72. The maximum atomic E-state index is 11.7. The molecule has 1 aliphatic heterocycles. The molecule has 1 aliphatic rings. The van der Waals surface area contributed by atoms with E-state index < -0.39 is 0 Å². The molecule has 0 radical (unpaired) electrons. The summed E-state index contributed by atoms with van der Waals surface area (Å²) in [5, 5.41) is 6.52. The van der Waals surface area contributed by atoms with Gasteiger partial charge in [0.15, 0.2) is 0 Å². The van der Waals surface area contributed by atoms with Gasteiger partial charge in [-0.05, 0) is 25.3 Å². The summed E-state index contributed by atoms with van der Waals surface area (Å²) in [5.41, 5.74) is 0. The predicted octanol–water partition coefficient (Wildman–Crippen LogP) is 1.22. The van der Waals surface area contributed by atoms with Gasteiger partial charge in [-0.2, -0.15) is 0 Å². The van der Waals surface area contributed by atoms with Crippen LogP contribution in [0.5, 0.6) is 0 Å². The zero-order valence-corrected chi connectivity index (χ0v) is 12.2. The van der Waals surface area contributed by atoms with E-state index in [9.17, 15) is 4.79 Å². The second-order valence-corrected chi connectivity index (χ2v) is 5.21. The average Bonchev–Trinajstić information content (AvgIpc) is 2.38. The van der Waals surface area contributed by atoms with Crippen LogP contribution in [-0.2, 0) is 4.79 Å². The zero-order chi connectivity index (χ0) is 13.4. The monoisotopic (exact) mass is 255 g/mol. The minimum Gasteiger partial charge on any atom is -0.355 e. The molecule has 0 spiro atoms.